The second kappa shape index (κ2) is 6.62. The van der Waals surface area contributed by atoms with Crippen LogP contribution in [0.3, 0.4) is 0 Å². The van der Waals surface area contributed by atoms with Gasteiger partial charge in [0.1, 0.15) is 0 Å². The van der Waals surface area contributed by atoms with Gasteiger partial charge in [0, 0.05) is 25.2 Å². The summed E-state index contributed by atoms with van der Waals surface area (Å²) in [4.78, 5) is 24.5. The molecule has 1 saturated heterocycles. The molecule has 114 valence electrons. The van der Waals surface area contributed by atoms with Crippen LogP contribution >= 0.6 is 23.2 Å². The molecular formula is C14H16Cl2N2O3. The Labute approximate surface area is 133 Å². The Morgan fingerprint density at radius 1 is 1.38 bits per heavy atom. The number of nitro benzene ring substituents is 1. The van der Waals surface area contributed by atoms with Crippen molar-refractivity contribution in [3.8, 4) is 0 Å². The number of amides is 1. The molecule has 0 aromatic heterocycles. The van der Waals surface area contributed by atoms with Gasteiger partial charge in [0.2, 0.25) is 0 Å². The van der Waals surface area contributed by atoms with Crippen LogP contribution in [0.2, 0.25) is 10.0 Å². The highest BCUT2D eigenvalue weighted by atomic mass is 35.5. The Kier molecular flexibility index (Phi) is 5.06. The molecule has 21 heavy (non-hydrogen) atoms. The molecule has 0 N–H and O–H groups in total. The molecule has 1 aromatic carbocycles. The topological polar surface area (TPSA) is 63.5 Å². The minimum Gasteiger partial charge on any atom is -0.339 e. The van der Waals surface area contributed by atoms with E-state index in [2.05, 4.69) is 6.92 Å². The molecule has 0 radical (unpaired) electrons. The summed E-state index contributed by atoms with van der Waals surface area (Å²) in [6.07, 6.45) is 3.00. The Bertz CT molecular complexity index is 570. The highest BCUT2D eigenvalue weighted by Crippen LogP contribution is 2.32. The summed E-state index contributed by atoms with van der Waals surface area (Å²) < 4.78 is 0. The lowest BCUT2D eigenvalue weighted by molar-refractivity contribution is -0.384. The van der Waals surface area contributed by atoms with E-state index in [1.807, 2.05) is 0 Å². The number of carbonyl (C=O) groups is 1. The number of halogens is 2. The smallest absolute Gasteiger partial charge is 0.271 e. The van der Waals surface area contributed by atoms with Crippen molar-refractivity contribution in [1.29, 1.82) is 0 Å². The van der Waals surface area contributed by atoms with Crippen molar-refractivity contribution >= 4 is 34.8 Å². The second-order valence-electron chi connectivity index (χ2n) is 5.19. The van der Waals surface area contributed by atoms with E-state index in [4.69, 9.17) is 23.2 Å². The van der Waals surface area contributed by atoms with Crippen molar-refractivity contribution in [2.24, 2.45) is 5.92 Å². The summed E-state index contributed by atoms with van der Waals surface area (Å²) >= 11 is 11.9. The number of benzene rings is 1. The van der Waals surface area contributed by atoms with E-state index in [1.54, 1.807) is 4.90 Å². The first kappa shape index (κ1) is 16.0. The zero-order valence-corrected chi connectivity index (χ0v) is 13.2. The van der Waals surface area contributed by atoms with E-state index < -0.39 is 4.92 Å². The predicted octanol–water partition coefficient (Wildman–Crippen LogP) is 4.16. The Balaban J connectivity index is 2.25. The summed E-state index contributed by atoms with van der Waals surface area (Å²) in [6.45, 7) is 3.43. The fourth-order valence-electron chi connectivity index (χ4n) is 2.55. The van der Waals surface area contributed by atoms with E-state index in [0.29, 0.717) is 19.0 Å². The lowest BCUT2D eigenvalue weighted by atomic mass is 9.94. The summed E-state index contributed by atoms with van der Waals surface area (Å²) in [5, 5.41) is 11.0. The molecule has 1 amide bonds. The molecule has 0 aliphatic carbocycles. The molecule has 1 aliphatic heterocycles. The number of rotatable bonds is 3. The van der Waals surface area contributed by atoms with Gasteiger partial charge in [0.25, 0.3) is 11.6 Å². The van der Waals surface area contributed by atoms with Crippen LogP contribution in [-0.2, 0) is 0 Å². The average Bonchev–Trinajstić information content (AvgIpc) is 2.49. The van der Waals surface area contributed by atoms with Gasteiger partial charge in [-0.2, -0.15) is 0 Å². The van der Waals surface area contributed by atoms with Crippen LogP contribution in [0.4, 0.5) is 5.69 Å². The zero-order chi connectivity index (χ0) is 15.6. The van der Waals surface area contributed by atoms with E-state index in [0.717, 1.165) is 25.3 Å². The van der Waals surface area contributed by atoms with E-state index in [1.165, 1.54) is 6.07 Å². The van der Waals surface area contributed by atoms with E-state index in [-0.39, 0.29) is 27.2 Å². The molecule has 1 aliphatic rings. The number of piperidine rings is 1. The van der Waals surface area contributed by atoms with Gasteiger partial charge in [-0.1, -0.05) is 36.5 Å². The second-order valence-corrected chi connectivity index (χ2v) is 5.98. The Hall–Kier alpha value is -1.33. The summed E-state index contributed by atoms with van der Waals surface area (Å²) in [6, 6.07) is 2.35. The van der Waals surface area contributed by atoms with Gasteiger partial charge in [-0.3, -0.25) is 14.9 Å². The monoisotopic (exact) mass is 330 g/mol. The van der Waals surface area contributed by atoms with Gasteiger partial charge in [-0.25, -0.2) is 0 Å². The summed E-state index contributed by atoms with van der Waals surface area (Å²) in [5.74, 6) is 0.346. The number of hydrogen-bond acceptors (Lipinski definition) is 3. The molecule has 2 rings (SSSR count). The number of carbonyl (C=O) groups excluding carboxylic acids is 1. The number of likely N-dealkylation sites (tertiary alicyclic amines) is 1. The molecule has 0 atom stereocenters. The fourth-order valence-corrected chi connectivity index (χ4v) is 2.95. The molecule has 1 fully saturated rings. The molecule has 7 heteroatoms. The largest absolute Gasteiger partial charge is 0.339 e. The zero-order valence-electron chi connectivity index (χ0n) is 11.6. The third-order valence-electron chi connectivity index (χ3n) is 3.93. The fraction of sp³-hybridized carbons (Fsp3) is 0.500. The van der Waals surface area contributed by atoms with Gasteiger partial charge in [0.05, 0.1) is 20.5 Å². The first-order valence-corrected chi connectivity index (χ1v) is 7.62. The molecule has 0 saturated carbocycles. The third kappa shape index (κ3) is 3.47. The normalized spacial score (nSPS) is 16.0. The molecule has 0 unspecified atom stereocenters. The van der Waals surface area contributed by atoms with Gasteiger partial charge in [-0.15, -0.1) is 0 Å². The Morgan fingerprint density at radius 3 is 2.52 bits per heavy atom. The van der Waals surface area contributed by atoms with Gasteiger partial charge >= 0.3 is 0 Å². The van der Waals surface area contributed by atoms with Crippen LogP contribution in [0, 0.1) is 16.0 Å². The molecule has 1 heterocycles. The van der Waals surface area contributed by atoms with Crippen LogP contribution in [0.15, 0.2) is 12.1 Å². The minimum atomic E-state index is -0.581. The molecule has 0 spiro atoms. The SMILES string of the molecule is CCC1CCN(C(=O)c2cc([N+](=O)[O-])cc(Cl)c2Cl)CC1. The van der Waals surface area contributed by atoms with Crippen LogP contribution in [0.5, 0.6) is 0 Å². The maximum absolute atomic E-state index is 12.5. The Morgan fingerprint density at radius 2 is 2.00 bits per heavy atom. The lowest BCUT2D eigenvalue weighted by Crippen LogP contribution is -2.38. The summed E-state index contributed by atoms with van der Waals surface area (Å²) in [5.41, 5.74) is -0.123. The first-order chi connectivity index (χ1) is 9.93. The van der Waals surface area contributed by atoms with Crippen molar-refractivity contribution < 1.29 is 9.72 Å². The molecule has 5 nitrogen and oxygen atoms in total. The van der Waals surface area contributed by atoms with E-state index >= 15 is 0 Å². The molecule has 1 aromatic rings. The maximum Gasteiger partial charge on any atom is 0.271 e. The summed E-state index contributed by atoms with van der Waals surface area (Å²) in [7, 11) is 0. The lowest BCUT2D eigenvalue weighted by Gasteiger charge is -2.31. The quantitative estimate of drug-likeness (QED) is 0.617. The highest BCUT2D eigenvalue weighted by Gasteiger charge is 2.26. The van der Waals surface area contributed by atoms with Gasteiger partial charge < -0.3 is 4.90 Å². The van der Waals surface area contributed by atoms with Crippen molar-refractivity contribution in [2.45, 2.75) is 26.2 Å². The van der Waals surface area contributed by atoms with Crippen LogP contribution in [0.25, 0.3) is 0 Å². The van der Waals surface area contributed by atoms with Crippen molar-refractivity contribution in [3.63, 3.8) is 0 Å². The molecule has 0 bridgehead atoms. The average molecular weight is 331 g/mol. The number of non-ortho nitro benzene ring substituents is 1. The minimum absolute atomic E-state index is 0.0256. The van der Waals surface area contributed by atoms with Crippen LogP contribution in [-0.4, -0.2) is 28.8 Å². The van der Waals surface area contributed by atoms with Gasteiger partial charge in [0.15, 0.2) is 0 Å². The first-order valence-electron chi connectivity index (χ1n) is 6.86. The van der Waals surface area contributed by atoms with Gasteiger partial charge in [-0.05, 0) is 18.8 Å². The molecular weight excluding hydrogens is 315 g/mol. The van der Waals surface area contributed by atoms with Crippen molar-refractivity contribution in [2.75, 3.05) is 13.1 Å². The van der Waals surface area contributed by atoms with E-state index in [9.17, 15) is 14.9 Å². The number of hydrogen-bond donors (Lipinski definition) is 0. The van der Waals surface area contributed by atoms with Crippen LogP contribution < -0.4 is 0 Å². The number of nitrogens with zero attached hydrogens (tertiary/aromatic N) is 2. The van der Waals surface area contributed by atoms with Crippen LogP contribution in [0.1, 0.15) is 36.5 Å². The predicted molar refractivity (Wildman–Crippen MR) is 82.0 cm³/mol. The van der Waals surface area contributed by atoms with Crippen molar-refractivity contribution in [3.05, 3.63) is 37.9 Å². The highest BCUT2D eigenvalue weighted by molar-refractivity contribution is 6.44. The third-order valence-corrected chi connectivity index (χ3v) is 4.74. The maximum atomic E-state index is 12.5. The standard InChI is InChI=1S/C14H16Cl2N2O3/c1-2-9-3-5-17(6-4-9)14(19)11-7-10(18(20)21)8-12(15)13(11)16/h7-9H,2-6H2,1H3. The van der Waals surface area contributed by atoms with Crippen molar-refractivity contribution in [1.82, 2.24) is 4.90 Å². The number of nitro groups is 1.